The number of carboxylic acids is 1. The molecule has 0 aliphatic heterocycles. The summed E-state index contributed by atoms with van der Waals surface area (Å²) in [5.41, 5.74) is 0.805. The minimum atomic E-state index is -1.00. The summed E-state index contributed by atoms with van der Waals surface area (Å²) in [6.45, 7) is 3.19. The Morgan fingerprint density at radius 3 is 2.67 bits per heavy atom. The van der Waals surface area contributed by atoms with Crippen LogP contribution >= 0.6 is 0 Å². The number of urea groups is 1. The van der Waals surface area contributed by atoms with Crippen molar-refractivity contribution in [3.05, 3.63) is 29.6 Å². The van der Waals surface area contributed by atoms with Crippen molar-refractivity contribution in [3.63, 3.8) is 0 Å². The highest BCUT2D eigenvalue weighted by Gasteiger charge is 2.12. The Morgan fingerprint density at radius 1 is 1.44 bits per heavy atom. The highest BCUT2D eigenvalue weighted by atomic mass is 19.1. The predicted octanol–water partition coefficient (Wildman–Crippen LogP) is 1.98. The van der Waals surface area contributed by atoms with Crippen molar-refractivity contribution < 1.29 is 19.1 Å². The molecule has 0 bridgehead atoms. The van der Waals surface area contributed by atoms with Gasteiger partial charge in [0.05, 0.1) is 11.6 Å². The molecule has 0 heterocycles. The Balaban J connectivity index is 2.52. The molecule has 0 saturated carbocycles. The van der Waals surface area contributed by atoms with Gasteiger partial charge in [0.1, 0.15) is 5.82 Å². The van der Waals surface area contributed by atoms with Gasteiger partial charge in [0, 0.05) is 6.54 Å². The topological polar surface area (TPSA) is 78.4 Å². The number of hydrogen-bond donors (Lipinski definition) is 3. The Bertz CT molecular complexity index is 463. The molecule has 0 aromatic heterocycles. The number of rotatable bonds is 4. The fraction of sp³-hybridized carbons (Fsp3) is 0.333. The zero-order chi connectivity index (χ0) is 13.7. The first-order valence-corrected chi connectivity index (χ1v) is 5.44. The first-order valence-electron chi connectivity index (χ1n) is 5.44. The molecule has 3 N–H and O–H groups in total. The maximum atomic E-state index is 13.4. The van der Waals surface area contributed by atoms with Crippen molar-refractivity contribution >= 4 is 17.7 Å². The Labute approximate surface area is 104 Å². The van der Waals surface area contributed by atoms with Crippen molar-refractivity contribution in [1.29, 1.82) is 0 Å². The van der Waals surface area contributed by atoms with Gasteiger partial charge in [-0.3, -0.25) is 4.79 Å². The number of aryl methyl sites for hydroxylation is 1. The van der Waals surface area contributed by atoms with Gasteiger partial charge in [0.15, 0.2) is 0 Å². The Morgan fingerprint density at radius 2 is 2.11 bits per heavy atom. The number of anilines is 1. The molecule has 0 radical (unpaired) electrons. The average Bonchev–Trinajstić information content (AvgIpc) is 2.29. The van der Waals surface area contributed by atoms with Crippen LogP contribution in [-0.4, -0.2) is 23.7 Å². The van der Waals surface area contributed by atoms with Crippen molar-refractivity contribution in [3.8, 4) is 0 Å². The van der Waals surface area contributed by atoms with Crippen molar-refractivity contribution in [1.82, 2.24) is 5.32 Å². The van der Waals surface area contributed by atoms with E-state index in [2.05, 4.69) is 10.6 Å². The van der Waals surface area contributed by atoms with E-state index < -0.39 is 23.7 Å². The molecule has 2 amide bonds. The number of hydrogen-bond acceptors (Lipinski definition) is 2. The molecular weight excluding hydrogens is 239 g/mol. The molecule has 0 aliphatic rings. The monoisotopic (exact) mass is 254 g/mol. The lowest BCUT2D eigenvalue weighted by Crippen LogP contribution is -2.34. The third-order valence-electron chi connectivity index (χ3n) is 2.36. The summed E-state index contributed by atoms with van der Waals surface area (Å²) in [6.07, 6.45) is 0. The number of carboxylic acid groups (broad SMARTS) is 1. The lowest BCUT2D eigenvalue weighted by Gasteiger charge is -2.10. The average molecular weight is 254 g/mol. The summed E-state index contributed by atoms with van der Waals surface area (Å²) in [4.78, 5) is 21.9. The second-order valence-corrected chi connectivity index (χ2v) is 4.06. The van der Waals surface area contributed by atoms with E-state index in [1.165, 1.54) is 19.1 Å². The van der Waals surface area contributed by atoms with Crippen LogP contribution in [0.25, 0.3) is 0 Å². The van der Waals surface area contributed by atoms with Crippen LogP contribution in [0.1, 0.15) is 12.5 Å². The predicted molar refractivity (Wildman–Crippen MR) is 65.0 cm³/mol. The summed E-state index contributed by atoms with van der Waals surface area (Å²) >= 11 is 0. The number of benzene rings is 1. The normalized spacial score (nSPS) is 11.7. The van der Waals surface area contributed by atoms with Gasteiger partial charge in [-0.2, -0.15) is 0 Å². The number of halogens is 1. The van der Waals surface area contributed by atoms with Crippen LogP contribution in [0, 0.1) is 18.7 Å². The molecule has 6 heteroatoms. The Hall–Kier alpha value is -2.11. The van der Waals surface area contributed by atoms with Crippen LogP contribution < -0.4 is 10.6 Å². The summed E-state index contributed by atoms with van der Waals surface area (Å²) in [6, 6.07) is 3.78. The minimum Gasteiger partial charge on any atom is -0.481 e. The zero-order valence-corrected chi connectivity index (χ0v) is 10.2. The molecule has 1 aromatic rings. The largest absolute Gasteiger partial charge is 0.481 e. The molecule has 0 spiro atoms. The van der Waals surface area contributed by atoms with Crippen LogP contribution in [0.2, 0.25) is 0 Å². The second-order valence-electron chi connectivity index (χ2n) is 4.06. The summed E-state index contributed by atoms with van der Waals surface area (Å²) in [5, 5.41) is 13.3. The highest BCUT2D eigenvalue weighted by Crippen LogP contribution is 2.14. The standard InChI is InChI=1S/C12H15FN2O3/c1-7-3-4-10(9(13)5-7)15-12(18)14-6-8(2)11(16)17/h3-5,8H,6H2,1-2H3,(H,16,17)(H2,14,15,18). The van der Waals surface area contributed by atoms with Gasteiger partial charge >= 0.3 is 12.0 Å². The summed E-state index contributed by atoms with van der Waals surface area (Å²) < 4.78 is 13.4. The maximum Gasteiger partial charge on any atom is 0.319 e. The zero-order valence-electron chi connectivity index (χ0n) is 10.2. The molecule has 5 nitrogen and oxygen atoms in total. The molecular formula is C12H15FN2O3. The van der Waals surface area contributed by atoms with Crippen molar-refractivity contribution in [2.45, 2.75) is 13.8 Å². The van der Waals surface area contributed by atoms with Gasteiger partial charge in [-0.25, -0.2) is 9.18 Å². The van der Waals surface area contributed by atoms with Gasteiger partial charge in [-0.1, -0.05) is 13.0 Å². The summed E-state index contributed by atoms with van der Waals surface area (Å²) in [5.74, 6) is -2.23. The lowest BCUT2D eigenvalue weighted by molar-refractivity contribution is -0.140. The highest BCUT2D eigenvalue weighted by molar-refractivity contribution is 5.89. The van der Waals surface area contributed by atoms with Crippen LogP contribution in [0.5, 0.6) is 0 Å². The molecule has 1 atom stereocenters. The van der Waals surface area contributed by atoms with E-state index in [4.69, 9.17) is 5.11 Å². The first kappa shape index (κ1) is 14.0. The fourth-order valence-electron chi connectivity index (χ4n) is 1.22. The summed E-state index contributed by atoms with van der Waals surface area (Å²) in [7, 11) is 0. The second kappa shape index (κ2) is 6.00. The fourth-order valence-corrected chi connectivity index (χ4v) is 1.22. The molecule has 1 rings (SSSR count). The minimum absolute atomic E-state index is 0.0192. The van der Waals surface area contributed by atoms with Gasteiger partial charge in [0.2, 0.25) is 0 Å². The number of carbonyl (C=O) groups excluding carboxylic acids is 1. The van der Waals surface area contributed by atoms with Crippen molar-refractivity contribution in [2.24, 2.45) is 5.92 Å². The smallest absolute Gasteiger partial charge is 0.319 e. The van der Waals surface area contributed by atoms with Gasteiger partial charge < -0.3 is 15.7 Å². The van der Waals surface area contributed by atoms with Gasteiger partial charge in [-0.05, 0) is 24.6 Å². The van der Waals surface area contributed by atoms with E-state index in [-0.39, 0.29) is 12.2 Å². The molecule has 0 saturated heterocycles. The van der Waals surface area contributed by atoms with E-state index in [0.717, 1.165) is 5.56 Å². The van der Waals surface area contributed by atoms with Crippen LogP contribution in [0.15, 0.2) is 18.2 Å². The molecule has 1 aromatic carbocycles. The van der Waals surface area contributed by atoms with Crippen LogP contribution in [0.4, 0.5) is 14.9 Å². The molecule has 1 unspecified atom stereocenters. The SMILES string of the molecule is Cc1ccc(NC(=O)NCC(C)C(=O)O)c(F)c1. The number of nitrogens with one attached hydrogen (secondary N) is 2. The van der Waals surface area contributed by atoms with Crippen LogP contribution in [-0.2, 0) is 4.79 Å². The van der Waals surface area contributed by atoms with E-state index in [1.54, 1.807) is 13.0 Å². The molecule has 18 heavy (non-hydrogen) atoms. The van der Waals surface area contributed by atoms with E-state index in [0.29, 0.717) is 0 Å². The third kappa shape index (κ3) is 4.04. The van der Waals surface area contributed by atoms with Gasteiger partial charge in [0.25, 0.3) is 0 Å². The molecule has 0 fully saturated rings. The lowest BCUT2D eigenvalue weighted by atomic mass is 10.2. The van der Waals surface area contributed by atoms with E-state index in [1.807, 2.05) is 0 Å². The maximum absolute atomic E-state index is 13.4. The Kier molecular flexibility index (Phi) is 4.65. The number of amides is 2. The first-order chi connectivity index (χ1) is 8.40. The van der Waals surface area contributed by atoms with Crippen LogP contribution in [0.3, 0.4) is 0 Å². The number of carbonyl (C=O) groups is 2. The molecule has 98 valence electrons. The number of aliphatic carboxylic acids is 1. The van der Waals surface area contributed by atoms with Gasteiger partial charge in [-0.15, -0.1) is 0 Å². The van der Waals surface area contributed by atoms with E-state index >= 15 is 0 Å². The van der Waals surface area contributed by atoms with E-state index in [9.17, 15) is 14.0 Å². The third-order valence-corrected chi connectivity index (χ3v) is 2.36. The quantitative estimate of drug-likeness (QED) is 0.768. The molecule has 0 aliphatic carbocycles. The van der Waals surface area contributed by atoms with Crippen molar-refractivity contribution in [2.75, 3.05) is 11.9 Å².